The molecule has 1 unspecified atom stereocenters. The van der Waals surface area contributed by atoms with Crippen molar-refractivity contribution in [3.05, 3.63) is 37.8 Å². The van der Waals surface area contributed by atoms with Crippen molar-refractivity contribution in [3.63, 3.8) is 0 Å². The van der Waals surface area contributed by atoms with Crippen molar-refractivity contribution in [1.82, 2.24) is 0 Å². The molecule has 0 nitrogen and oxygen atoms in total. The zero-order chi connectivity index (χ0) is 8.43. The highest BCUT2D eigenvalue weighted by atomic mass is 127. The molecule has 0 bridgehead atoms. The van der Waals surface area contributed by atoms with Crippen LogP contribution in [-0.4, -0.2) is 0 Å². The molecule has 1 atom stereocenters. The van der Waals surface area contributed by atoms with Crippen molar-refractivity contribution >= 4 is 45.2 Å². The van der Waals surface area contributed by atoms with Crippen LogP contribution in [0, 0.1) is 14.1 Å². The lowest BCUT2D eigenvalue weighted by molar-refractivity contribution is 0.961. The number of halogens is 2. The first kappa shape index (κ1) is 9.77. The zero-order valence-electron chi connectivity index (χ0n) is 6.27. The predicted molar refractivity (Wildman–Crippen MR) is 65.6 cm³/mol. The lowest BCUT2D eigenvalue weighted by atomic mass is 10.0. The van der Waals surface area contributed by atoms with Gasteiger partial charge in [-0.1, -0.05) is 6.92 Å². The molecule has 0 fully saturated rings. The fourth-order valence-electron chi connectivity index (χ4n) is 0.860. The first-order valence-corrected chi connectivity index (χ1v) is 5.54. The van der Waals surface area contributed by atoms with Crippen molar-refractivity contribution in [2.45, 2.75) is 12.8 Å². The van der Waals surface area contributed by atoms with Crippen LogP contribution in [0.5, 0.6) is 0 Å². The summed E-state index contributed by atoms with van der Waals surface area (Å²) in [6, 6.07) is 6.52. The quantitative estimate of drug-likeness (QED) is 0.659. The molecule has 0 spiro atoms. The average molecular weight is 371 g/mol. The summed E-state index contributed by atoms with van der Waals surface area (Å²) >= 11 is 4.66. The largest absolute Gasteiger partial charge is 0.0584 e. The van der Waals surface area contributed by atoms with E-state index in [0.29, 0.717) is 5.92 Å². The first-order valence-electron chi connectivity index (χ1n) is 3.38. The van der Waals surface area contributed by atoms with Gasteiger partial charge in [0.25, 0.3) is 0 Å². The highest BCUT2D eigenvalue weighted by molar-refractivity contribution is 14.1. The predicted octanol–water partition coefficient (Wildman–Crippen LogP) is 3.83. The van der Waals surface area contributed by atoms with Gasteiger partial charge in [-0.3, -0.25) is 0 Å². The minimum atomic E-state index is 0.387. The summed E-state index contributed by atoms with van der Waals surface area (Å²) in [4.78, 5) is 0. The minimum Gasteiger partial charge on any atom is -0.0584 e. The molecule has 0 aromatic heterocycles. The van der Waals surface area contributed by atoms with Gasteiger partial charge < -0.3 is 0 Å². The van der Waals surface area contributed by atoms with Gasteiger partial charge >= 0.3 is 0 Å². The summed E-state index contributed by atoms with van der Waals surface area (Å²) in [5.74, 6) is 0.387. The molecule has 0 amide bonds. The Balaban J connectivity index is 3.08. The van der Waals surface area contributed by atoms with Gasteiger partial charge in [-0.25, -0.2) is 0 Å². The van der Waals surface area contributed by atoms with E-state index in [1.165, 1.54) is 12.7 Å². The van der Waals surface area contributed by atoms with Crippen molar-refractivity contribution in [2.24, 2.45) is 0 Å². The molecular weight excluding hydrogens is 362 g/mol. The van der Waals surface area contributed by atoms with Crippen LogP contribution in [-0.2, 0) is 0 Å². The first-order chi connectivity index (χ1) is 5.09. The molecule has 0 aliphatic heterocycles. The van der Waals surface area contributed by atoms with Gasteiger partial charge in [-0.15, -0.1) is 0 Å². The second kappa shape index (κ2) is 4.07. The van der Waals surface area contributed by atoms with Crippen molar-refractivity contribution in [1.29, 1.82) is 0 Å². The van der Waals surface area contributed by atoms with E-state index < -0.39 is 0 Å². The molecule has 1 aromatic carbocycles. The lowest BCUT2D eigenvalue weighted by Gasteiger charge is -2.05. The second-order valence-corrected chi connectivity index (χ2v) is 5.10. The summed E-state index contributed by atoms with van der Waals surface area (Å²) in [5.41, 5.74) is 1.32. The second-order valence-electron chi connectivity index (χ2n) is 2.60. The molecule has 0 saturated heterocycles. The highest BCUT2D eigenvalue weighted by Crippen LogP contribution is 2.20. The van der Waals surface area contributed by atoms with E-state index in [1.54, 1.807) is 0 Å². The number of hydrogen-bond acceptors (Lipinski definition) is 0. The molecule has 0 N–H and O–H groups in total. The van der Waals surface area contributed by atoms with Crippen molar-refractivity contribution in [3.8, 4) is 0 Å². The molecule has 0 saturated carbocycles. The van der Waals surface area contributed by atoms with Crippen molar-refractivity contribution < 1.29 is 0 Å². The SMILES string of the molecule is [CH2]C(C)c1cc(I)cc(I)c1. The minimum absolute atomic E-state index is 0.387. The van der Waals surface area contributed by atoms with E-state index in [2.05, 4.69) is 77.2 Å². The molecule has 0 aliphatic carbocycles. The van der Waals surface area contributed by atoms with Crippen LogP contribution in [0.3, 0.4) is 0 Å². The number of rotatable bonds is 1. The van der Waals surface area contributed by atoms with E-state index in [4.69, 9.17) is 0 Å². The third-order valence-electron chi connectivity index (χ3n) is 1.45. The Morgan fingerprint density at radius 2 is 1.64 bits per heavy atom. The number of benzene rings is 1. The zero-order valence-corrected chi connectivity index (χ0v) is 10.6. The van der Waals surface area contributed by atoms with Crippen LogP contribution < -0.4 is 0 Å². The molecule has 0 aliphatic rings. The van der Waals surface area contributed by atoms with Gasteiger partial charge in [0.05, 0.1) is 0 Å². The fraction of sp³-hybridized carbons (Fsp3) is 0.222. The maximum atomic E-state index is 3.98. The summed E-state index contributed by atoms with van der Waals surface area (Å²) < 4.78 is 2.58. The van der Waals surface area contributed by atoms with E-state index in [1.807, 2.05) is 0 Å². The molecule has 11 heavy (non-hydrogen) atoms. The Bertz CT molecular complexity index is 233. The maximum Gasteiger partial charge on any atom is 0.0143 e. The third kappa shape index (κ3) is 2.89. The van der Waals surface area contributed by atoms with E-state index >= 15 is 0 Å². The molecular formula is C9H9I2. The summed E-state index contributed by atoms with van der Waals surface area (Å²) in [7, 11) is 0. The van der Waals surface area contributed by atoms with Gasteiger partial charge in [-0.05, 0) is 81.8 Å². The number of hydrogen-bond donors (Lipinski definition) is 0. The van der Waals surface area contributed by atoms with Crippen LogP contribution in [0.2, 0.25) is 0 Å². The Morgan fingerprint density at radius 1 is 1.18 bits per heavy atom. The van der Waals surface area contributed by atoms with Crippen molar-refractivity contribution in [2.75, 3.05) is 0 Å². The van der Waals surface area contributed by atoms with Crippen LogP contribution in [0.25, 0.3) is 0 Å². The van der Waals surface area contributed by atoms with Gasteiger partial charge in [0.2, 0.25) is 0 Å². The molecule has 1 radical (unpaired) electrons. The van der Waals surface area contributed by atoms with E-state index in [9.17, 15) is 0 Å². The van der Waals surface area contributed by atoms with E-state index in [0.717, 1.165) is 0 Å². The lowest BCUT2D eigenvalue weighted by Crippen LogP contribution is -1.89. The Kier molecular flexibility index (Phi) is 3.61. The third-order valence-corrected chi connectivity index (χ3v) is 2.70. The summed E-state index contributed by atoms with van der Waals surface area (Å²) in [6.07, 6.45) is 0. The summed E-state index contributed by atoms with van der Waals surface area (Å²) in [5, 5.41) is 0. The molecule has 1 aromatic rings. The Labute approximate surface area is 95.0 Å². The normalized spacial score (nSPS) is 10.6. The smallest absolute Gasteiger partial charge is 0.0143 e. The molecule has 0 heterocycles. The van der Waals surface area contributed by atoms with Gasteiger partial charge in [0.15, 0.2) is 0 Å². The van der Waals surface area contributed by atoms with Crippen LogP contribution in [0.15, 0.2) is 18.2 Å². The monoisotopic (exact) mass is 371 g/mol. The van der Waals surface area contributed by atoms with E-state index in [-0.39, 0.29) is 0 Å². The Morgan fingerprint density at radius 3 is 2.00 bits per heavy atom. The van der Waals surface area contributed by atoms with Crippen LogP contribution in [0.1, 0.15) is 18.4 Å². The topological polar surface area (TPSA) is 0 Å². The fourth-order valence-corrected chi connectivity index (χ4v) is 2.85. The summed E-state index contributed by atoms with van der Waals surface area (Å²) in [6.45, 7) is 6.10. The highest BCUT2D eigenvalue weighted by Gasteiger charge is 2.00. The molecule has 2 heteroatoms. The van der Waals surface area contributed by atoms with Gasteiger partial charge in [-0.2, -0.15) is 0 Å². The maximum absolute atomic E-state index is 3.98. The Hall–Kier alpha value is 0.680. The van der Waals surface area contributed by atoms with Crippen LogP contribution >= 0.6 is 45.2 Å². The van der Waals surface area contributed by atoms with Crippen LogP contribution in [0.4, 0.5) is 0 Å². The average Bonchev–Trinajstić information content (AvgIpc) is 1.85. The molecule has 59 valence electrons. The standard InChI is InChI=1S/C9H9I2/c1-6(2)7-3-8(10)5-9(11)4-7/h3-6H,1H2,2H3. The molecule has 1 rings (SSSR count). The van der Waals surface area contributed by atoms with Gasteiger partial charge in [0.1, 0.15) is 0 Å². The van der Waals surface area contributed by atoms with Gasteiger partial charge in [0, 0.05) is 7.14 Å².